The summed E-state index contributed by atoms with van der Waals surface area (Å²) in [5, 5.41) is 16.5. The lowest BCUT2D eigenvalue weighted by Crippen LogP contribution is -2.51. The smallest absolute Gasteiger partial charge is 0.294 e. The Labute approximate surface area is 427 Å². The molecule has 17 nitrogen and oxygen atoms in total. The average molecular weight is 1040 g/mol. The van der Waals surface area contributed by atoms with Crippen molar-refractivity contribution in [3.05, 3.63) is 118 Å². The van der Waals surface area contributed by atoms with Crippen LogP contribution in [0.5, 0.6) is 11.5 Å². The molecule has 0 radical (unpaired) electrons. The summed E-state index contributed by atoms with van der Waals surface area (Å²) < 4.78 is 77.5. The topological polar surface area (TPSA) is 240 Å². The molecule has 0 saturated carbocycles. The summed E-state index contributed by atoms with van der Waals surface area (Å²) in [4.78, 5) is 52.6. The third kappa shape index (κ3) is 11.1. The van der Waals surface area contributed by atoms with Crippen LogP contribution in [-0.2, 0) is 56.7 Å². The second-order valence-corrected chi connectivity index (χ2v) is 23.2. The largest absolute Gasteiger partial charge is 0.507 e. The first kappa shape index (κ1) is 54.4. The van der Waals surface area contributed by atoms with Crippen LogP contribution in [0.25, 0.3) is 0 Å². The maximum Gasteiger partial charge on any atom is 0.294 e. The molecule has 5 N–H and O–H groups in total. The molecule has 3 aromatic carbocycles. The van der Waals surface area contributed by atoms with E-state index in [1.54, 1.807) is 19.1 Å². The van der Waals surface area contributed by atoms with Gasteiger partial charge in [0, 0.05) is 97.7 Å². The average Bonchev–Trinajstić information content (AvgIpc) is 3.84. The second kappa shape index (κ2) is 20.8. The number of fused-ring (bicyclic) bond motifs is 3. The normalized spacial score (nSPS) is 19.6. The number of aromatic hydroxyl groups is 1. The number of rotatable bonds is 19. The number of phenolic OH excluding ortho intramolecular Hbond substituents is 1. The molecule has 4 aliphatic rings. The molecule has 19 heteroatoms. The van der Waals surface area contributed by atoms with E-state index in [1.165, 1.54) is 36.4 Å². The molecule has 0 saturated heterocycles. The molecule has 4 heterocycles. The van der Waals surface area contributed by atoms with Crippen molar-refractivity contribution in [2.45, 2.75) is 127 Å². The number of phenols is 1. The number of carbonyl (C=O) groups excluding carboxylic acids is 4. The molecule has 0 spiro atoms. The number of hydrogen-bond acceptors (Lipinski definition) is 11. The number of imide groups is 1. The number of anilines is 1. The molecule has 1 unspecified atom stereocenters. The minimum atomic E-state index is -4.50. The van der Waals surface area contributed by atoms with Crippen molar-refractivity contribution < 1.29 is 59.5 Å². The summed E-state index contributed by atoms with van der Waals surface area (Å²) in [6.07, 6.45) is 15.7. The van der Waals surface area contributed by atoms with Crippen LogP contribution in [0.1, 0.15) is 107 Å². The highest BCUT2D eigenvalue weighted by Crippen LogP contribution is 2.49. The van der Waals surface area contributed by atoms with E-state index in [4.69, 9.17) is 4.74 Å². The SMILES string of the molecule is Cc1c(C)c2c(c(C)c1O)CCC(C)(C(=O)NCCC[N+]1=C(/C=C/C=C/C=C3/N(CCCCCC(=O)NCCN4C(=O)C=CC4=O)c4ccc(S(=O)(=O)O)cc4C3(C)C)C(C)(C)c3cc(S(=O)(=O)O)ccc31)O2. The zero-order valence-corrected chi connectivity index (χ0v) is 44.3. The first-order valence-electron chi connectivity index (χ1n) is 24.5. The Hall–Kier alpha value is -6.41. The Kier molecular flexibility index (Phi) is 15.5. The summed E-state index contributed by atoms with van der Waals surface area (Å²) in [6.45, 7) is 16.8. The Balaban J connectivity index is 1.06. The van der Waals surface area contributed by atoms with Crippen molar-refractivity contribution in [1.82, 2.24) is 15.5 Å². The van der Waals surface area contributed by atoms with E-state index >= 15 is 0 Å². The van der Waals surface area contributed by atoms with Crippen LogP contribution in [0.15, 0.2) is 94.4 Å². The Morgan fingerprint density at radius 2 is 1.41 bits per heavy atom. The molecular weight excluding hydrogens is 975 g/mol. The summed E-state index contributed by atoms with van der Waals surface area (Å²) in [5.74, 6) is -0.375. The van der Waals surface area contributed by atoms with Crippen LogP contribution >= 0.6 is 0 Å². The van der Waals surface area contributed by atoms with Crippen molar-refractivity contribution in [2.75, 3.05) is 37.6 Å². The third-order valence-electron chi connectivity index (χ3n) is 14.7. The number of nitrogens with zero attached hydrogens (tertiary/aromatic N) is 3. The third-order valence-corrected chi connectivity index (χ3v) is 16.4. The lowest BCUT2D eigenvalue weighted by atomic mass is 9.81. The Bertz CT molecular complexity index is 3150. The first-order valence-corrected chi connectivity index (χ1v) is 27.4. The van der Waals surface area contributed by atoms with Gasteiger partial charge in [-0.1, -0.05) is 38.5 Å². The minimum Gasteiger partial charge on any atom is -0.507 e. The Morgan fingerprint density at radius 1 is 0.753 bits per heavy atom. The van der Waals surface area contributed by atoms with E-state index in [0.29, 0.717) is 80.6 Å². The molecule has 0 aromatic heterocycles. The van der Waals surface area contributed by atoms with E-state index < -0.39 is 48.5 Å². The van der Waals surface area contributed by atoms with Crippen molar-refractivity contribution in [2.24, 2.45) is 0 Å². The van der Waals surface area contributed by atoms with Gasteiger partial charge in [-0.3, -0.25) is 33.2 Å². The van der Waals surface area contributed by atoms with E-state index in [-0.39, 0.29) is 46.9 Å². The van der Waals surface area contributed by atoms with Gasteiger partial charge in [-0.05, 0) is 119 Å². The summed E-state index contributed by atoms with van der Waals surface area (Å²) in [7, 11) is -8.98. The van der Waals surface area contributed by atoms with Crippen molar-refractivity contribution in [3.63, 3.8) is 0 Å². The van der Waals surface area contributed by atoms with Crippen LogP contribution in [0.3, 0.4) is 0 Å². The lowest BCUT2D eigenvalue weighted by molar-refractivity contribution is -0.437. The molecular formula is C54H66N5O12S2+. The monoisotopic (exact) mass is 1040 g/mol. The van der Waals surface area contributed by atoms with E-state index in [2.05, 4.69) is 20.1 Å². The molecule has 0 bridgehead atoms. The van der Waals surface area contributed by atoms with Crippen molar-refractivity contribution in [3.8, 4) is 11.5 Å². The molecule has 1 atom stereocenters. The fourth-order valence-corrected chi connectivity index (χ4v) is 11.3. The zero-order valence-electron chi connectivity index (χ0n) is 42.7. The molecule has 4 amide bonds. The van der Waals surface area contributed by atoms with Crippen LogP contribution in [0.2, 0.25) is 0 Å². The summed E-state index contributed by atoms with van der Waals surface area (Å²) in [6, 6.07) is 9.10. The number of benzene rings is 3. The second-order valence-electron chi connectivity index (χ2n) is 20.3. The zero-order chi connectivity index (χ0) is 53.4. The number of hydrogen-bond donors (Lipinski definition) is 5. The molecule has 0 aliphatic carbocycles. The van der Waals surface area contributed by atoms with Gasteiger partial charge < -0.3 is 25.4 Å². The number of unbranched alkanes of at least 4 members (excludes halogenated alkanes) is 2. The summed E-state index contributed by atoms with van der Waals surface area (Å²) in [5.41, 5.74) is 5.32. The molecule has 0 fully saturated rings. The predicted molar refractivity (Wildman–Crippen MR) is 277 cm³/mol. The minimum absolute atomic E-state index is 0.0912. The van der Waals surface area contributed by atoms with Gasteiger partial charge in [0.05, 0.1) is 15.2 Å². The van der Waals surface area contributed by atoms with Gasteiger partial charge in [0.25, 0.3) is 38.0 Å². The lowest BCUT2D eigenvalue weighted by Gasteiger charge is -2.36. The molecule has 3 aromatic rings. The van der Waals surface area contributed by atoms with E-state index in [1.807, 2.05) is 78.8 Å². The van der Waals surface area contributed by atoms with E-state index in [9.17, 15) is 50.2 Å². The van der Waals surface area contributed by atoms with E-state index in [0.717, 1.165) is 44.4 Å². The van der Waals surface area contributed by atoms with Crippen LogP contribution in [0, 0.1) is 20.8 Å². The molecule has 4 aliphatic heterocycles. The fraction of sp³-hybridized carbons (Fsp3) is 0.426. The van der Waals surface area contributed by atoms with Gasteiger partial charge in [0.15, 0.2) is 17.9 Å². The van der Waals surface area contributed by atoms with Crippen LogP contribution < -0.4 is 20.3 Å². The fourth-order valence-electron chi connectivity index (χ4n) is 10.3. The van der Waals surface area contributed by atoms with Gasteiger partial charge in [-0.25, -0.2) is 0 Å². The number of amides is 4. The van der Waals surface area contributed by atoms with Crippen molar-refractivity contribution >= 4 is 61.0 Å². The number of allylic oxidation sites excluding steroid dienone is 6. The quantitative estimate of drug-likeness (QED) is 0.0271. The number of nitrogens with one attached hydrogen (secondary N) is 2. The molecule has 390 valence electrons. The van der Waals surface area contributed by atoms with Gasteiger partial charge in [0.2, 0.25) is 11.6 Å². The van der Waals surface area contributed by atoms with Crippen LogP contribution in [0.4, 0.5) is 11.4 Å². The number of ether oxygens (including phenoxy) is 1. The van der Waals surface area contributed by atoms with Crippen LogP contribution in [-0.4, -0.2) is 108 Å². The predicted octanol–water partition coefficient (Wildman–Crippen LogP) is 6.87. The Morgan fingerprint density at radius 3 is 2.08 bits per heavy atom. The van der Waals surface area contributed by atoms with Crippen molar-refractivity contribution in [1.29, 1.82) is 0 Å². The number of carbonyl (C=O) groups is 4. The molecule has 7 rings (SSSR count). The standard InChI is InChI=1S/C54H65N5O12S2/c1-34-35(2)50-39(36(3)49(34)63)25-26-54(8,71-50)51(64)56-27-15-30-58-43-22-20-38(73(68,69)70)33-41(43)53(6,7)45(58)17-12-9-11-16-44-52(4,5)40-32-37(72(65,66)67)19-21-42(40)57(44)29-14-10-13-18-46(60)55-28-31-59-47(61)23-24-48(59)62/h9,11-12,16-17,19-24,32-33H,10,13-15,18,25-31H2,1-8H3,(H4-,55,56,60,63,64,65,66,67,68,69,70)/p+1. The van der Waals surface area contributed by atoms with Gasteiger partial charge in [-0.15, -0.1) is 0 Å². The van der Waals surface area contributed by atoms with Gasteiger partial charge in [0.1, 0.15) is 11.5 Å². The summed E-state index contributed by atoms with van der Waals surface area (Å²) >= 11 is 0. The highest BCUT2D eigenvalue weighted by molar-refractivity contribution is 7.86. The maximum atomic E-state index is 13.7. The first-order chi connectivity index (χ1) is 34.2. The molecule has 73 heavy (non-hydrogen) atoms. The maximum absolute atomic E-state index is 13.7. The van der Waals surface area contributed by atoms with Gasteiger partial charge >= 0.3 is 0 Å². The highest BCUT2D eigenvalue weighted by Gasteiger charge is 2.46. The van der Waals surface area contributed by atoms with Gasteiger partial charge in [-0.2, -0.15) is 21.4 Å². The highest BCUT2D eigenvalue weighted by atomic mass is 32.2.